The van der Waals surface area contributed by atoms with E-state index in [4.69, 9.17) is 0 Å². The minimum absolute atomic E-state index is 0.920. The van der Waals surface area contributed by atoms with Gasteiger partial charge in [-0.3, -0.25) is 0 Å². The van der Waals surface area contributed by atoms with E-state index in [2.05, 4.69) is 39.8 Å². The molecular formula is C16H16N4. The molecule has 3 rings (SSSR count). The van der Waals surface area contributed by atoms with Crippen LogP contribution in [0.3, 0.4) is 0 Å². The number of aromatic nitrogens is 3. The zero-order chi connectivity index (χ0) is 13.6. The first-order valence-electron chi connectivity index (χ1n) is 6.66. The smallest absolute Gasteiger partial charge is 0.0858 e. The van der Waals surface area contributed by atoms with Crippen molar-refractivity contribution in [3.63, 3.8) is 0 Å². The first-order valence-corrected chi connectivity index (χ1v) is 6.66. The molecule has 0 unspecified atom stereocenters. The third-order valence-electron chi connectivity index (χ3n) is 3.10. The highest BCUT2D eigenvalue weighted by Gasteiger charge is 1.98. The maximum absolute atomic E-state index is 4.10. The fourth-order valence-electron chi connectivity index (χ4n) is 2.06. The van der Waals surface area contributed by atoms with Crippen molar-refractivity contribution in [2.75, 3.05) is 11.9 Å². The fraction of sp³-hybridized carbons (Fsp3) is 0.125. The van der Waals surface area contributed by atoms with Crippen LogP contribution in [-0.4, -0.2) is 21.5 Å². The average Bonchev–Trinajstić information content (AvgIpc) is 3.03. The highest BCUT2D eigenvalue weighted by atomic mass is 15.5. The van der Waals surface area contributed by atoms with Crippen molar-refractivity contribution < 1.29 is 0 Å². The molecule has 3 aromatic rings. The van der Waals surface area contributed by atoms with Crippen molar-refractivity contribution in [1.29, 1.82) is 0 Å². The molecule has 0 aliphatic carbocycles. The summed E-state index contributed by atoms with van der Waals surface area (Å²) in [6.07, 6.45) is 4.36. The van der Waals surface area contributed by atoms with Crippen molar-refractivity contribution >= 4 is 5.69 Å². The van der Waals surface area contributed by atoms with E-state index < -0.39 is 0 Å². The van der Waals surface area contributed by atoms with Gasteiger partial charge in [-0.2, -0.15) is 15.0 Å². The molecule has 4 heteroatoms. The first kappa shape index (κ1) is 12.4. The zero-order valence-corrected chi connectivity index (χ0v) is 11.1. The van der Waals surface area contributed by atoms with E-state index in [9.17, 15) is 0 Å². The molecule has 0 bridgehead atoms. The normalized spacial score (nSPS) is 10.4. The maximum atomic E-state index is 4.10. The molecule has 4 nitrogen and oxygen atoms in total. The number of hydrogen-bond donors (Lipinski definition) is 1. The Morgan fingerprint density at radius 2 is 1.55 bits per heavy atom. The second-order valence-electron chi connectivity index (χ2n) is 4.53. The Bertz CT molecular complexity index is 630. The van der Waals surface area contributed by atoms with Gasteiger partial charge in [0.25, 0.3) is 0 Å². The third kappa shape index (κ3) is 3.03. The Hall–Kier alpha value is -2.62. The summed E-state index contributed by atoms with van der Waals surface area (Å²) < 4.78 is 0. The largest absolute Gasteiger partial charge is 0.385 e. The Labute approximate surface area is 118 Å². The molecule has 0 aliphatic rings. The summed E-state index contributed by atoms with van der Waals surface area (Å²) in [6, 6.07) is 18.6. The first-order chi connectivity index (χ1) is 9.92. The number of rotatable bonds is 5. The topological polar surface area (TPSA) is 42.7 Å². The van der Waals surface area contributed by atoms with Crippen LogP contribution in [0.25, 0.3) is 5.69 Å². The Morgan fingerprint density at radius 1 is 0.850 bits per heavy atom. The summed E-state index contributed by atoms with van der Waals surface area (Å²) in [4.78, 5) is 1.60. The van der Waals surface area contributed by atoms with Crippen LogP contribution in [0, 0.1) is 0 Å². The number of nitrogens with zero attached hydrogens (tertiary/aromatic N) is 3. The molecule has 0 aliphatic heterocycles. The molecule has 0 amide bonds. The van der Waals surface area contributed by atoms with Gasteiger partial charge in [0.05, 0.1) is 18.1 Å². The molecule has 0 spiro atoms. The monoisotopic (exact) mass is 264 g/mol. The summed E-state index contributed by atoms with van der Waals surface area (Å²) in [5, 5.41) is 11.6. The SMILES string of the molecule is c1ccc(CCNc2ccc(-n3nccn3)cc2)cc1. The minimum Gasteiger partial charge on any atom is -0.385 e. The lowest BCUT2D eigenvalue weighted by Gasteiger charge is -2.07. The van der Waals surface area contributed by atoms with Crippen molar-refractivity contribution in [2.24, 2.45) is 0 Å². The Morgan fingerprint density at radius 3 is 2.25 bits per heavy atom. The molecule has 0 saturated heterocycles. The molecule has 1 N–H and O–H groups in total. The van der Waals surface area contributed by atoms with Gasteiger partial charge in [-0.25, -0.2) is 0 Å². The summed E-state index contributed by atoms with van der Waals surface area (Å²) in [5.41, 5.74) is 3.41. The van der Waals surface area contributed by atoms with Gasteiger partial charge in [-0.05, 0) is 36.2 Å². The van der Waals surface area contributed by atoms with Crippen LogP contribution in [0.4, 0.5) is 5.69 Å². The van der Waals surface area contributed by atoms with E-state index in [0.29, 0.717) is 0 Å². The van der Waals surface area contributed by atoms with E-state index in [-0.39, 0.29) is 0 Å². The molecule has 0 radical (unpaired) electrons. The third-order valence-corrected chi connectivity index (χ3v) is 3.10. The molecule has 2 aromatic carbocycles. The van der Waals surface area contributed by atoms with E-state index in [1.54, 1.807) is 17.2 Å². The van der Waals surface area contributed by atoms with Crippen LogP contribution in [0.15, 0.2) is 67.0 Å². The van der Waals surface area contributed by atoms with Crippen molar-refractivity contribution in [3.05, 3.63) is 72.6 Å². The molecule has 1 heterocycles. The summed E-state index contributed by atoms with van der Waals surface area (Å²) >= 11 is 0. The van der Waals surface area contributed by atoms with Crippen LogP contribution in [0.2, 0.25) is 0 Å². The summed E-state index contributed by atoms with van der Waals surface area (Å²) in [5.74, 6) is 0. The molecule has 20 heavy (non-hydrogen) atoms. The van der Waals surface area contributed by atoms with Gasteiger partial charge in [0, 0.05) is 12.2 Å². The Balaban J connectivity index is 1.56. The lowest BCUT2D eigenvalue weighted by atomic mass is 10.1. The van der Waals surface area contributed by atoms with Crippen LogP contribution in [0.1, 0.15) is 5.56 Å². The average molecular weight is 264 g/mol. The van der Waals surface area contributed by atoms with Crippen LogP contribution >= 0.6 is 0 Å². The van der Waals surface area contributed by atoms with Gasteiger partial charge >= 0.3 is 0 Å². The summed E-state index contributed by atoms with van der Waals surface area (Å²) in [7, 11) is 0. The number of benzene rings is 2. The molecule has 0 fully saturated rings. The quantitative estimate of drug-likeness (QED) is 0.770. The highest BCUT2D eigenvalue weighted by Crippen LogP contribution is 2.11. The molecule has 0 saturated carbocycles. The van der Waals surface area contributed by atoms with Crippen molar-refractivity contribution in [1.82, 2.24) is 15.0 Å². The van der Waals surface area contributed by atoms with Crippen LogP contribution < -0.4 is 5.32 Å². The van der Waals surface area contributed by atoms with Crippen molar-refractivity contribution in [3.8, 4) is 5.69 Å². The van der Waals surface area contributed by atoms with Gasteiger partial charge in [0.2, 0.25) is 0 Å². The van der Waals surface area contributed by atoms with E-state index in [1.165, 1.54) is 5.56 Å². The summed E-state index contributed by atoms with van der Waals surface area (Å²) in [6.45, 7) is 0.920. The maximum Gasteiger partial charge on any atom is 0.0858 e. The fourth-order valence-corrected chi connectivity index (χ4v) is 2.06. The molecular weight excluding hydrogens is 248 g/mol. The predicted octanol–water partition coefficient (Wildman–Crippen LogP) is 2.92. The van der Waals surface area contributed by atoms with E-state index in [1.807, 2.05) is 30.3 Å². The number of anilines is 1. The van der Waals surface area contributed by atoms with E-state index in [0.717, 1.165) is 24.3 Å². The second-order valence-corrected chi connectivity index (χ2v) is 4.53. The molecule has 1 aromatic heterocycles. The minimum atomic E-state index is 0.920. The second kappa shape index (κ2) is 6.02. The van der Waals surface area contributed by atoms with Gasteiger partial charge in [-0.1, -0.05) is 30.3 Å². The molecule has 0 atom stereocenters. The number of nitrogens with one attached hydrogen (secondary N) is 1. The van der Waals surface area contributed by atoms with Gasteiger partial charge in [0.1, 0.15) is 0 Å². The highest BCUT2D eigenvalue weighted by molar-refractivity contribution is 5.48. The lowest BCUT2D eigenvalue weighted by Crippen LogP contribution is -2.05. The van der Waals surface area contributed by atoms with Gasteiger partial charge < -0.3 is 5.32 Å². The Kier molecular flexibility index (Phi) is 3.73. The zero-order valence-electron chi connectivity index (χ0n) is 11.1. The van der Waals surface area contributed by atoms with Crippen LogP contribution in [-0.2, 0) is 6.42 Å². The standard InChI is InChI=1S/C16H16N4/c1-2-4-14(5-3-1)10-11-17-15-6-8-16(9-7-15)20-18-12-13-19-20/h1-9,12-13,17H,10-11H2. The molecule has 100 valence electrons. The van der Waals surface area contributed by atoms with Crippen LogP contribution in [0.5, 0.6) is 0 Å². The van der Waals surface area contributed by atoms with Crippen molar-refractivity contribution in [2.45, 2.75) is 6.42 Å². The van der Waals surface area contributed by atoms with E-state index >= 15 is 0 Å². The lowest BCUT2D eigenvalue weighted by molar-refractivity contribution is 0.752. The predicted molar refractivity (Wildman–Crippen MR) is 80.0 cm³/mol. The number of hydrogen-bond acceptors (Lipinski definition) is 3. The van der Waals surface area contributed by atoms with Gasteiger partial charge in [-0.15, -0.1) is 0 Å². The van der Waals surface area contributed by atoms with Gasteiger partial charge in [0.15, 0.2) is 0 Å².